The summed E-state index contributed by atoms with van der Waals surface area (Å²) in [6, 6.07) is 8.66. The van der Waals surface area contributed by atoms with Crippen LogP contribution in [0, 0.1) is 6.92 Å². The van der Waals surface area contributed by atoms with E-state index in [4.69, 9.17) is 4.98 Å². The number of aromatic nitrogens is 1. The minimum Gasteiger partial charge on any atom is -0.388 e. The van der Waals surface area contributed by atoms with Gasteiger partial charge in [0.15, 0.2) is 0 Å². The maximum Gasteiger partial charge on any atom is 0.0726 e. The first kappa shape index (κ1) is 9.64. The zero-order valence-electron chi connectivity index (χ0n) is 9.75. The Bertz CT molecular complexity index is 542. The number of nitrogens with one attached hydrogen (secondary N) is 1. The fraction of sp³-hybridized carbons (Fsp3) is 0.357. The Balaban J connectivity index is 2.25. The van der Waals surface area contributed by atoms with E-state index in [1.54, 1.807) is 0 Å². The smallest absolute Gasteiger partial charge is 0.0726 e. The topological polar surface area (TPSA) is 24.9 Å². The summed E-state index contributed by atoms with van der Waals surface area (Å²) in [4.78, 5) is 4.75. The van der Waals surface area contributed by atoms with Crippen molar-refractivity contribution in [1.82, 2.24) is 4.98 Å². The number of hydrogen-bond donors (Lipinski definition) is 1. The molecule has 2 heteroatoms. The van der Waals surface area contributed by atoms with Crippen LogP contribution in [0.3, 0.4) is 0 Å². The highest BCUT2D eigenvalue weighted by Crippen LogP contribution is 2.41. The molecule has 0 aliphatic heterocycles. The van der Waals surface area contributed by atoms with Gasteiger partial charge in [-0.25, -0.2) is 0 Å². The van der Waals surface area contributed by atoms with Gasteiger partial charge in [0.2, 0.25) is 0 Å². The third-order valence-corrected chi connectivity index (χ3v) is 3.25. The number of pyridine rings is 1. The Labute approximate surface area is 95.7 Å². The first-order chi connectivity index (χ1) is 7.78. The second kappa shape index (κ2) is 3.48. The molecule has 3 rings (SSSR count). The lowest BCUT2D eigenvalue weighted by Crippen LogP contribution is -1.95. The molecule has 0 radical (unpaired) electrons. The van der Waals surface area contributed by atoms with E-state index in [2.05, 4.69) is 36.5 Å². The van der Waals surface area contributed by atoms with Gasteiger partial charge in [0.05, 0.1) is 5.52 Å². The van der Waals surface area contributed by atoms with E-state index in [9.17, 15) is 0 Å². The van der Waals surface area contributed by atoms with Crippen LogP contribution in [-0.2, 0) is 0 Å². The lowest BCUT2D eigenvalue weighted by molar-refractivity contribution is 1.04. The Hall–Kier alpha value is -1.57. The zero-order chi connectivity index (χ0) is 11.1. The van der Waals surface area contributed by atoms with E-state index in [1.165, 1.54) is 35.2 Å². The van der Waals surface area contributed by atoms with E-state index in [0.29, 0.717) is 5.92 Å². The molecule has 16 heavy (non-hydrogen) atoms. The van der Waals surface area contributed by atoms with Gasteiger partial charge >= 0.3 is 0 Å². The number of hydrogen-bond acceptors (Lipinski definition) is 2. The first-order valence-corrected chi connectivity index (χ1v) is 5.87. The lowest BCUT2D eigenvalue weighted by Gasteiger charge is -2.09. The van der Waals surface area contributed by atoms with Crippen LogP contribution in [-0.4, -0.2) is 12.0 Å². The molecule has 1 fully saturated rings. The third kappa shape index (κ3) is 1.54. The lowest BCUT2D eigenvalue weighted by atomic mass is 10.1. The summed E-state index contributed by atoms with van der Waals surface area (Å²) in [5, 5.41) is 4.51. The first-order valence-electron chi connectivity index (χ1n) is 5.87. The summed E-state index contributed by atoms with van der Waals surface area (Å²) in [5.41, 5.74) is 4.85. The molecule has 1 aromatic heterocycles. The van der Waals surface area contributed by atoms with Crippen LogP contribution in [0.4, 0.5) is 5.69 Å². The molecule has 1 saturated carbocycles. The van der Waals surface area contributed by atoms with Crippen molar-refractivity contribution < 1.29 is 0 Å². The predicted octanol–water partition coefficient (Wildman–Crippen LogP) is 3.46. The number of rotatable bonds is 2. The molecule has 1 heterocycles. The molecule has 1 aliphatic rings. The van der Waals surface area contributed by atoms with Crippen LogP contribution >= 0.6 is 0 Å². The van der Waals surface area contributed by atoms with E-state index in [0.717, 1.165) is 5.52 Å². The molecular weight excluding hydrogens is 196 g/mol. The summed E-state index contributed by atoms with van der Waals surface area (Å²) >= 11 is 0. The van der Waals surface area contributed by atoms with E-state index in [1.807, 2.05) is 7.05 Å². The molecule has 82 valence electrons. The number of fused-ring (bicyclic) bond motifs is 1. The van der Waals surface area contributed by atoms with Gasteiger partial charge in [0, 0.05) is 29.7 Å². The molecule has 0 bridgehead atoms. The van der Waals surface area contributed by atoms with Crippen molar-refractivity contribution in [2.75, 3.05) is 12.4 Å². The quantitative estimate of drug-likeness (QED) is 0.824. The molecule has 1 N–H and O–H groups in total. The summed E-state index contributed by atoms with van der Waals surface area (Å²) in [6.07, 6.45) is 2.60. The van der Waals surface area contributed by atoms with Crippen LogP contribution in [0.15, 0.2) is 24.3 Å². The van der Waals surface area contributed by atoms with Crippen LogP contribution < -0.4 is 5.32 Å². The van der Waals surface area contributed by atoms with Crippen LogP contribution in [0.5, 0.6) is 0 Å². The van der Waals surface area contributed by atoms with Gasteiger partial charge in [-0.2, -0.15) is 0 Å². The second-order valence-electron chi connectivity index (χ2n) is 4.64. The fourth-order valence-corrected chi connectivity index (χ4v) is 2.16. The molecule has 0 atom stereocenters. The maximum absolute atomic E-state index is 4.75. The van der Waals surface area contributed by atoms with Crippen molar-refractivity contribution in [3.05, 3.63) is 35.5 Å². The minimum atomic E-state index is 0.706. The van der Waals surface area contributed by atoms with Gasteiger partial charge in [-0.3, -0.25) is 4.98 Å². The standard InChI is InChI=1S/C14H16N2/c1-9-3-6-12-11(7-9)14(15-2)8-13(16-12)10-4-5-10/h3,6-8,10H,4-5H2,1-2H3,(H,15,16). The molecule has 0 spiro atoms. The van der Waals surface area contributed by atoms with Crippen LogP contribution in [0.2, 0.25) is 0 Å². The Kier molecular flexibility index (Phi) is 2.10. The highest BCUT2D eigenvalue weighted by molar-refractivity contribution is 5.92. The highest BCUT2D eigenvalue weighted by Gasteiger charge is 2.25. The van der Waals surface area contributed by atoms with Gasteiger partial charge in [0.25, 0.3) is 0 Å². The van der Waals surface area contributed by atoms with Gasteiger partial charge < -0.3 is 5.32 Å². The van der Waals surface area contributed by atoms with E-state index < -0.39 is 0 Å². The van der Waals surface area contributed by atoms with Gasteiger partial charge in [0.1, 0.15) is 0 Å². The largest absolute Gasteiger partial charge is 0.388 e. The van der Waals surface area contributed by atoms with Crippen molar-refractivity contribution in [3.8, 4) is 0 Å². The van der Waals surface area contributed by atoms with E-state index in [-0.39, 0.29) is 0 Å². The van der Waals surface area contributed by atoms with Crippen molar-refractivity contribution in [3.63, 3.8) is 0 Å². The van der Waals surface area contributed by atoms with Gasteiger partial charge in [-0.1, -0.05) is 11.6 Å². The number of nitrogens with zero attached hydrogens (tertiary/aromatic N) is 1. The normalized spacial score (nSPS) is 15.4. The highest BCUT2D eigenvalue weighted by atomic mass is 14.8. The number of benzene rings is 1. The predicted molar refractivity (Wildman–Crippen MR) is 68.0 cm³/mol. The van der Waals surface area contributed by atoms with Crippen LogP contribution in [0.1, 0.15) is 30.0 Å². The Morgan fingerprint density at radius 2 is 2.06 bits per heavy atom. The molecule has 0 amide bonds. The minimum absolute atomic E-state index is 0.706. The van der Waals surface area contributed by atoms with Crippen molar-refractivity contribution in [1.29, 1.82) is 0 Å². The van der Waals surface area contributed by atoms with Crippen molar-refractivity contribution >= 4 is 16.6 Å². The molecule has 1 aliphatic carbocycles. The van der Waals surface area contributed by atoms with E-state index >= 15 is 0 Å². The summed E-state index contributed by atoms with van der Waals surface area (Å²) < 4.78 is 0. The Morgan fingerprint density at radius 3 is 2.75 bits per heavy atom. The monoisotopic (exact) mass is 212 g/mol. The average molecular weight is 212 g/mol. The number of aryl methyl sites for hydroxylation is 1. The third-order valence-electron chi connectivity index (χ3n) is 3.25. The summed E-state index contributed by atoms with van der Waals surface area (Å²) in [7, 11) is 1.98. The summed E-state index contributed by atoms with van der Waals surface area (Å²) in [6.45, 7) is 2.12. The SMILES string of the molecule is CNc1cc(C2CC2)nc2ccc(C)cc12. The average Bonchev–Trinajstić information content (AvgIpc) is 3.11. The second-order valence-corrected chi connectivity index (χ2v) is 4.64. The molecule has 0 saturated heterocycles. The molecule has 1 aromatic carbocycles. The molecular formula is C14H16N2. The Morgan fingerprint density at radius 1 is 1.25 bits per heavy atom. The molecule has 2 nitrogen and oxygen atoms in total. The zero-order valence-corrected chi connectivity index (χ0v) is 9.75. The maximum atomic E-state index is 4.75. The van der Waals surface area contributed by atoms with Crippen molar-refractivity contribution in [2.45, 2.75) is 25.7 Å². The molecule has 0 unspecified atom stereocenters. The summed E-state index contributed by atoms with van der Waals surface area (Å²) in [5.74, 6) is 0.706. The molecule has 2 aromatic rings. The van der Waals surface area contributed by atoms with Gasteiger partial charge in [-0.05, 0) is 38.0 Å². The fourth-order valence-electron chi connectivity index (χ4n) is 2.16. The number of anilines is 1. The van der Waals surface area contributed by atoms with Gasteiger partial charge in [-0.15, -0.1) is 0 Å². The van der Waals surface area contributed by atoms with Crippen LogP contribution in [0.25, 0.3) is 10.9 Å². The van der Waals surface area contributed by atoms with Crippen molar-refractivity contribution in [2.24, 2.45) is 0 Å².